The van der Waals surface area contributed by atoms with Crippen LogP contribution in [0.3, 0.4) is 0 Å². The van der Waals surface area contributed by atoms with Crippen LogP contribution < -0.4 is 14.8 Å². The SMILES string of the molecule is CC(C)Oc1ccc(CN2CCN(C(=O)c3cc4ccc(Oc5ccc(NC(=O)c6ccc(Cl)c(Cl)c6)cn5)cc4n3C)CC2)cc1F. The second kappa shape index (κ2) is 14.2. The molecule has 5 aromatic rings. The topological polar surface area (TPSA) is 88.9 Å². The molecule has 6 rings (SSSR count). The largest absolute Gasteiger partial charge is 0.488 e. The van der Waals surface area contributed by atoms with Gasteiger partial charge < -0.3 is 24.3 Å². The van der Waals surface area contributed by atoms with Gasteiger partial charge in [-0.3, -0.25) is 14.5 Å². The summed E-state index contributed by atoms with van der Waals surface area (Å²) in [5.74, 6) is 0.395. The van der Waals surface area contributed by atoms with Gasteiger partial charge in [0, 0.05) is 62.9 Å². The predicted molar refractivity (Wildman–Crippen MR) is 185 cm³/mol. The first-order valence-corrected chi connectivity index (χ1v) is 16.3. The Morgan fingerprint density at radius 3 is 2.42 bits per heavy atom. The highest BCUT2D eigenvalue weighted by Crippen LogP contribution is 2.29. The zero-order valence-corrected chi connectivity index (χ0v) is 28.2. The first-order valence-electron chi connectivity index (χ1n) is 15.5. The summed E-state index contributed by atoms with van der Waals surface area (Å²) < 4.78 is 27.8. The van der Waals surface area contributed by atoms with Crippen molar-refractivity contribution in [1.29, 1.82) is 0 Å². The Morgan fingerprint density at radius 2 is 1.73 bits per heavy atom. The van der Waals surface area contributed by atoms with Crippen LogP contribution in [0.5, 0.6) is 17.4 Å². The molecule has 1 saturated heterocycles. The second-order valence-corrected chi connectivity index (χ2v) is 12.7. The van der Waals surface area contributed by atoms with Crippen LogP contribution in [0.1, 0.15) is 40.3 Å². The third-order valence-electron chi connectivity index (χ3n) is 8.06. The Labute approximate surface area is 287 Å². The number of amides is 2. The van der Waals surface area contributed by atoms with E-state index in [4.69, 9.17) is 32.7 Å². The van der Waals surface area contributed by atoms with E-state index < -0.39 is 0 Å². The lowest BCUT2D eigenvalue weighted by atomic mass is 10.1. The van der Waals surface area contributed by atoms with Crippen molar-refractivity contribution in [2.45, 2.75) is 26.5 Å². The van der Waals surface area contributed by atoms with Crippen molar-refractivity contribution >= 4 is 51.6 Å². The summed E-state index contributed by atoms with van der Waals surface area (Å²) in [5.41, 5.74) is 3.15. The van der Waals surface area contributed by atoms with Gasteiger partial charge in [-0.15, -0.1) is 0 Å². The summed E-state index contributed by atoms with van der Waals surface area (Å²) in [5, 5.41) is 4.34. The van der Waals surface area contributed by atoms with Crippen molar-refractivity contribution in [1.82, 2.24) is 19.4 Å². The Balaban J connectivity index is 1.05. The van der Waals surface area contributed by atoms with Gasteiger partial charge in [0.05, 0.1) is 33.6 Å². The molecule has 3 heterocycles. The molecule has 0 bridgehead atoms. The number of hydrogen-bond acceptors (Lipinski definition) is 6. The van der Waals surface area contributed by atoms with Gasteiger partial charge in [0.25, 0.3) is 11.8 Å². The van der Waals surface area contributed by atoms with E-state index in [2.05, 4.69) is 15.2 Å². The standard InChI is InChI=1S/C36H34Cl2FN5O4/c1-22(2)47-33-10-4-23(16-30(33)39)21-43-12-14-44(15-13-43)36(46)32-18-24-5-8-27(19-31(24)42(32)3)48-34-11-7-26(20-40-34)41-35(45)25-6-9-28(37)29(38)17-25/h4-11,16-20,22H,12-15,21H2,1-3H3,(H,41,45). The van der Waals surface area contributed by atoms with E-state index in [1.807, 2.05) is 60.7 Å². The normalized spacial score (nSPS) is 13.6. The van der Waals surface area contributed by atoms with E-state index in [-0.39, 0.29) is 29.5 Å². The number of nitrogens with zero attached hydrogens (tertiary/aromatic N) is 4. The summed E-state index contributed by atoms with van der Waals surface area (Å²) >= 11 is 12.0. The van der Waals surface area contributed by atoms with Crippen LogP contribution in [0.4, 0.5) is 10.1 Å². The third-order valence-corrected chi connectivity index (χ3v) is 8.80. The Morgan fingerprint density at radius 1 is 0.938 bits per heavy atom. The molecule has 1 aliphatic rings. The second-order valence-electron chi connectivity index (χ2n) is 11.9. The number of benzene rings is 3. The molecule has 1 fully saturated rings. The first-order chi connectivity index (χ1) is 23.0. The van der Waals surface area contributed by atoms with Crippen molar-refractivity contribution in [3.8, 4) is 17.4 Å². The lowest BCUT2D eigenvalue weighted by molar-refractivity contribution is 0.0619. The van der Waals surface area contributed by atoms with E-state index in [0.29, 0.717) is 71.3 Å². The molecule has 3 aromatic carbocycles. The lowest BCUT2D eigenvalue weighted by Crippen LogP contribution is -2.48. The predicted octanol–water partition coefficient (Wildman–Crippen LogP) is 7.81. The highest BCUT2D eigenvalue weighted by Gasteiger charge is 2.25. The van der Waals surface area contributed by atoms with Gasteiger partial charge in [-0.25, -0.2) is 9.37 Å². The quantitative estimate of drug-likeness (QED) is 0.170. The number of hydrogen-bond donors (Lipinski definition) is 1. The maximum absolute atomic E-state index is 14.5. The van der Waals surface area contributed by atoms with Crippen molar-refractivity contribution in [2.75, 3.05) is 31.5 Å². The maximum atomic E-state index is 14.5. The molecular formula is C36H34Cl2FN5O4. The van der Waals surface area contributed by atoms with Gasteiger partial charge in [0.15, 0.2) is 11.6 Å². The number of aryl methyl sites for hydroxylation is 1. The number of anilines is 1. The summed E-state index contributed by atoms with van der Waals surface area (Å²) in [6.07, 6.45) is 1.40. The smallest absolute Gasteiger partial charge is 0.270 e. The van der Waals surface area contributed by atoms with Gasteiger partial charge in [-0.2, -0.15) is 0 Å². The van der Waals surface area contributed by atoms with Crippen LogP contribution in [-0.4, -0.2) is 63.4 Å². The number of ether oxygens (including phenoxy) is 2. The minimum atomic E-state index is -0.365. The van der Waals surface area contributed by atoms with Crippen molar-refractivity contribution in [3.05, 3.63) is 112 Å². The average Bonchev–Trinajstić information content (AvgIpc) is 3.39. The molecule has 248 valence electrons. The highest BCUT2D eigenvalue weighted by molar-refractivity contribution is 6.42. The van der Waals surface area contributed by atoms with Crippen LogP contribution in [0, 0.1) is 5.82 Å². The zero-order valence-electron chi connectivity index (χ0n) is 26.7. The summed E-state index contributed by atoms with van der Waals surface area (Å²) in [6, 6.07) is 20.6. The van der Waals surface area contributed by atoms with E-state index in [0.717, 1.165) is 16.5 Å². The minimum Gasteiger partial charge on any atom is -0.488 e. The van der Waals surface area contributed by atoms with Crippen LogP contribution >= 0.6 is 23.2 Å². The number of rotatable bonds is 9. The molecule has 0 radical (unpaired) electrons. The van der Waals surface area contributed by atoms with Crippen molar-refractivity contribution < 1.29 is 23.5 Å². The molecule has 1 N–H and O–H groups in total. The Bertz CT molecular complexity index is 1970. The molecule has 0 saturated carbocycles. The minimum absolute atomic E-state index is 0.0442. The summed E-state index contributed by atoms with van der Waals surface area (Å²) in [6.45, 7) is 6.84. The molecule has 0 aliphatic carbocycles. The number of carbonyl (C=O) groups excluding carboxylic acids is 2. The monoisotopic (exact) mass is 689 g/mol. The fraction of sp³-hybridized carbons (Fsp3) is 0.250. The highest BCUT2D eigenvalue weighted by atomic mass is 35.5. The molecule has 12 heteroatoms. The van der Waals surface area contributed by atoms with E-state index in [1.165, 1.54) is 18.3 Å². The fourth-order valence-electron chi connectivity index (χ4n) is 5.58. The number of fused-ring (bicyclic) bond motifs is 1. The summed E-state index contributed by atoms with van der Waals surface area (Å²) in [7, 11) is 1.86. The lowest BCUT2D eigenvalue weighted by Gasteiger charge is -2.34. The van der Waals surface area contributed by atoms with E-state index >= 15 is 0 Å². The summed E-state index contributed by atoms with van der Waals surface area (Å²) in [4.78, 5) is 34.5. The molecular weight excluding hydrogens is 656 g/mol. The molecule has 1 aliphatic heterocycles. The fourth-order valence-corrected chi connectivity index (χ4v) is 5.87. The number of halogens is 3. The Hall–Kier alpha value is -4.64. The number of piperazine rings is 1. The van der Waals surface area contributed by atoms with Gasteiger partial charge in [-0.1, -0.05) is 29.3 Å². The van der Waals surface area contributed by atoms with Crippen LogP contribution in [-0.2, 0) is 13.6 Å². The van der Waals surface area contributed by atoms with E-state index in [1.54, 1.807) is 30.3 Å². The third kappa shape index (κ3) is 7.57. The van der Waals surface area contributed by atoms with E-state index in [9.17, 15) is 14.0 Å². The first kappa shape index (κ1) is 33.3. The number of nitrogens with one attached hydrogen (secondary N) is 1. The van der Waals surface area contributed by atoms with Gasteiger partial charge in [0.2, 0.25) is 5.88 Å². The van der Waals surface area contributed by atoms with Crippen LogP contribution in [0.15, 0.2) is 79.0 Å². The molecule has 2 aromatic heterocycles. The Kier molecular flexibility index (Phi) is 9.86. The molecule has 0 atom stereocenters. The number of aromatic nitrogens is 2. The average molecular weight is 691 g/mol. The molecule has 48 heavy (non-hydrogen) atoms. The number of pyridine rings is 1. The molecule has 2 amide bonds. The van der Waals surface area contributed by atoms with Gasteiger partial charge in [0.1, 0.15) is 11.4 Å². The maximum Gasteiger partial charge on any atom is 0.270 e. The molecule has 0 spiro atoms. The van der Waals surface area contributed by atoms with Gasteiger partial charge in [-0.05, 0) is 74.0 Å². The van der Waals surface area contributed by atoms with Crippen molar-refractivity contribution in [2.24, 2.45) is 7.05 Å². The zero-order chi connectivity index (χ0) is 33.9. The van der Waals surface area contributed by atoms with Gasteiger partial charge >= 0.3 is 0 Å². The van der Waals surface area contributed by atoms with Crippen LogP contribution in [0.2, 0.25) is 10.0 Å². The molecule has 0 unspecified atom stereocenters. The van der Waals surface area contributed by atoms with Crippen molar-refractivity contribution in [3.63, 3.8) is 0 Å². The van der Waals surface area contributed by atoms with Crippen LogP contribution in [0.25, 0.3) is 10.9 Å². The number of carbonyl (C=O) groups is 2. The molecule has 9 nitrogen and oxygen atoms in total.